The van der Waals surface area contributed by atoms with E-state index in [1.54, 1.807) is 4.68 Å². The average Bonchev–Trinajstić information content (AvgIpc) is 2.82. The minimum Gasteiger partial charge on any atom is -0.409 e. The summed E-state index contributed by atoms with van der Waals surface area (Å²) in [5, 5.41) is 4.47. The fourth-order valence-electron chi connectivity index (χ4n) is 2.14. The first-order valence-electron chi connectivity index (χ1n) is 6.67. The molecule has 0 spiro atoms. The lowest BCUT2D eigenvalue weighted by molar-refractivity contribution is 0.0206. The van der Waals surface area contributed by atoms with Crippen molar-refractivity contribution in [2.45, 2.75) is 13.6 Å². The van der Waals surface area contributed by atoms with Gasteiger partial charge in [0.1, 0.15) is 0 Å². The Morgan fingerprint density at radius 1 is 1.20 bits per heavy atom. The van der Waals surface area contributed by atoms with Crippen molar-refractivity contribution in [3.8, 4) is 11.5 Å². The van der Waals surface area contributed by atoms with Crippen molar-refractivity contribution in [2.24, 2.45) is 0 Å². The summed E-state index contributed by atoms with van der Waals surface area (Å²) in [5.74, 6) is 0.572. The van der Waals surface area contributed by atoms with Gasteiger partial charge in [-0.2, -0.15) is 0 Å². The second kappa shape index (κ2) is 5.87. The van der Waals surface area contributed by atoms with Crippen LogP contribution in [0, 0.1) is 11.8 Å². The van der Waals surface area contributed by atoms with Gasteiger partial charge in [0.2, 0.25) is 5.89 Å². The molecule has 106 valence electrons. The first-order chi connectivity index (χ1) is 9.72. The van der Waals surface area contributed by atoms with Crippen molar-refractivity contribution in [1.29, 1.82) is 0 Å². The van der Waals surface area contributed by atoms with E-state index in [2.05, 4.69) is 16.9 Å². The maximum Gasteiger partial charge on any atom is 0.288 e. The van der Waals surface area contributed by atoms with Crippen LogP contribution in [0.15, 0.2) is 28.7 Å². The zero-order valence-corrected chi connectivity index (χ0v) is 12.2. The molecule has 0 bridgehead atoms. The lowest BCUT2D eigenvalue weighted by Gasteiger charge is -2.25. The maximum absolute atomic E-state index is 5.59. The molecule has 0 aliphatic carbocycles. The van der Waals surface area contributed by atoms with E-state index in [9.17, 15) is 0 Å². The van der Waals surface area contributed by atoms with E-state index < -0.39 is 0 Å². The van der Waals surface area contributed by atoms with Gasteiger partial charge in [-0.25, -0.2) is 4.68 Å². The molecule has 0 amide bonds. The molecule has 1 aliphatic heterocycles. The molecular weight excluding hydrogens is 274 g/mol. The summed E-state index contributed by atoms with van der Waals surface area (Å²) < 4.78 is 12.7. The van der Waals surface area contributed by atoms with Gasteiger partial charge in [0.25, 0.3) is 4.84 Å². The zero-order chi connectivity index (χ0) is 13.9. The van der Waals surface area contributed by atoms with E-state index >= 15 is 0 Å². The molecular formula is C14H17N3O2S. The van der Waals surface area contributed by atoms with Crippen LogP contribution in [0.3, 0.4) is 0 Å². The summed E-state index contributed by atoms with van der Waals surface area (Å²) in [6.45, 7) is 6.02. The molecule has 20 heavy (non-hydrogen) atoms. The van der Waals surface area contributed by atoms with E-state index in [4.69, 9.17) is 21.4 Å². The highest BCUT2D eigenvalue weighted by Gasteiger charge is 2.14. The Morgan fingerprint density at radius 3 is 2.60 bits per heavy atom. The molecule has 3 rings (SSSR count). The first kappa shape index (κ1) is 13.5. The molecule has 1 aromatic carbocycles. The topological polar surface area (TPSA) is 43.4 Å². The highest BCUT2D eigenvalue weighted by atomic mass is 32.1. The number of benzene rings is 1. The Balaban J connectivity index is 1.79. The van der Waals surface area contributed by atoms with Crippen LogP contribution in [0.4, 0.5) is 0 Å². The van der Waals surface area contributed by atoms with Crippen LogP contribution in [0.1, 0.15) is 5.56 Å². The van der Waals surface area contributed by atoms with Crippen LogP contribution >= 0.6 is 12.2 Å². The Morgan fingerprint density at radius 2 is 1.90 bits per heavy atom. The van der Waals surface area contributed by atoms with E-state index in [1.165, 1.54) is 5.56 Å². The van der Waals surface area contributed by atoms with Crippen LogP contribution in [0.5, 0.6) is 0 Å². The molecule has 1 aromatic heterocycles. The standard InChI is InChI=1S/C14H17N3O2S/c1-11-2-4-12(5-3-11)13-15-17(14(20)19-13)10-16-6-8-18-9-7-16/h2-5H,6-10H2,1H3. The number of ether oxygens (including phenoxy) is 1. The van der Waals surface area contributed by atoms with Gasteiger partial charge in [0, 0.05) is 18.7 Å². The normalized spacial score (nSPS) is 16.4. The van der Waals surface area contributed by atoms with Gasteiger partial charge in [-0.05, 0) is 31.3 Å². The molecule has 1 saturated heterocycles. The van der Waals surface area contributed by atoms with Crippen molar-refractivity contribution in [3.05, 3.63) is 34.7 Å². The SMILES string of the molecule is Cc1ccc(-c2nn(CN3CCOCC3)c(=S)o2)cc1. The average molecular weight is 291 g/mol. The molecule has 2 heterocycles. The second-order valence-electron chi connectivity index (χ2n) is 4.91. The maximum atomic E-state index is 5.59. The Kier molecular flexibility index (Phi) is 3.95. The van der Waals surface area contributed by atoms with Crippen molar-refractivity contribution >= 4 is 12.2 Å². The Hall–Kier alpha value is -1.50. The van der Waals surface area contributed by atoms with Crippen molar-refractivity contribution in [2.75, 3.05) is 26.3 Å². The van der Waals surface area contributed by atoms with E-state index in [0.717, 1.165) is 31.9 Å². The third-order valence-corrected chi connectivity index (χ3v) is 3.64. The Bertz CT molecular complexity index is 627. The quantitative estimate of drug-likeness (QED) is 0.813. The molecule has 5 nitrogen and oxygen atoms in total. The van der Waals surface area contributed by atoms with Gasteiger partial charge in [-0.3, -0.25) is 4.90 Å². The van der Waals surface area contributed by atoms with Gasteiger partial charge in [0.05, 0.1) is 19.9 Å². The monoisotopic (exact) mass is 291 g/mol. The summed E-state index contributed by atoms with van der Waals surface area (Å²) in [5.41, 5.74) is 2.16. The van der Waals surface area contributed by atoms with Gasteiger partial charge in [-0.15, -0.1) is 5.10 Å². The lowest BCUT2D eigenvalue weighted by Crippen LogP contribution is -2.37. The molecule has 0 saturated carbocycles. The molecule has 6 heteroatoms. The number of hydrogen-bond donors (Lipinski definition) is 0. The van der Waals surface area contributed by atoms with Crippen molar-refractivity contribution in [3.63, 3.8) is 0 Å². The van der Waals surface area contributed by atoms with E-state index in [1.807, 2.05) is 24.3 Å². The molecule has 0 unspecified atom stereocenters. The lowest BCUT2D eigenvalue weighted by atomic mass is 10.1. The fraction of sp³-hybridized carbons (Fsp3) is 0.429. The molecule has 0 N–H and O–H groups in total. The van der Waals surface area contributed by atoms with E-state index in [-0.39, 0.29) is 0 Å². The first-order valence-corrected chi connectivity index (χ1v) is 7.08. The van der Waals surface area contributed by atoms with Crippen LogP contribution < -0.4 is 0 Å². The Labute approximate surface area is 122 Å². The van der Waals surface area contributed by atoms with Crippen molar-refractivity contribution < 1.29 is 9.15 Å². The summed E-state index contributed by atoms with van der Waals surface area (Å²) in [7, 11) is 0. The van der Waals surface area contributed by atoms with Gasteiger partial charge >= 0.3 is 0 Å². The van der Waals surface area contributed by atoms with E-state index in [0.29, 0.717) is 17.4 Å². The molecule has 0 radical (unpaired) electrons. The molecule has 1 fully saturated rings. The minimum atomic E-state index is 0.409. The predicted octanol–water partition coefficient (Wildman–Crippen LogP) is 2.47. The number of morpholine rings is 1. The number of aromatic nitrogens is 2. The smallest absolute Gasteiger partial charge is 0.288 e. The summed E-state index contributed by atoms with van der Waals surface area (Å²) >= 11 is 5.24. The summed E-state index contributed by atoms with van der Waals surface area (Å²) in [6.07, 6.45) is 0. The third-order valence-electron chi connectivity index (χ3n) is 3.34. The zero-order valence-electron chi connectivity index (χ0n) is 11.4. The van der Waals surface area contributed by atoms with Gasteiger partial charge in [-0.1, -0.05) is 17.7 Å². The second-order valence-corrected chi connectivity index (χ2v) is 5.26. The summed E-state index contributed by atoms with van der Waals surface area (Å²) in [4.78, 5) is 2.66. The van der Waals surface area contributed by atoms with Gasteiger partial charge < -0.3 is 9.15 Å². The summed E-state index contributed by atoms with van der Waals surface area (Å²) in [6, 6.07) is 8.06. The third kappa shape index (κ3) is 2.98. The van der Waals surface area contributed by atoms with Crippen molar-refractivity contribution in [1.82, 2.24) is 14.7 Å². The van der Waals surface area contributed by atoms with Crippen LogP contribution in [0.2, 0.25) is 0 Å². The van der Waals surface area contributed by atoms with Gasteiger partial charge in [0.15, 0.2) is 0 Å². The predicted molar refractivity (Wildman–Crippen MR) is 77.9 cm³/mol. The highest BCUT2D eigenvalue weighted by molar-refractivity contribution is 7.71. The number of nitrogens with zero attached hydrogens (tertiary/aromatic N) is 3. The molecule has 2 aromatic rings. The fourth-order valence-corrected chi connectivity index (χ4v) is 2.32. The number of hydrogen-bond acceptors (Lipinski definition) is 5. The number of rotatable bonds is 3. The molecule has 1 aliphatic rings. The van der Waals surface area contributed by atoms with Crippen LogP contribution in [-0.2, 0) is 11.4 Å². The largest absolute Gasteiger partial charge is 0.409 e. The van der Waals surface area contributed by atoms with Crippen LogP contribution in [0.25, 0.3) is 11.5 Å². The highest BCUT2D eigenvalue weighted by Crippen LogP contribution is 2.18. The minimum absolute atomic E-state index is 0.409. The molecule has 0 atom stereocenters. The van der Waals surface area contributed by atoms with Crippen LogP contribution in [-0.4, -0.2) is 41.0 Å². The number of aryl methyl sites for hydroxylation is 1.